The minimum Gasteiger partial charge on any atom is -0.354 e. The molecule has 3 atom stereocenters. The lowest BCUT2D eigenvalue weighted by Gasteiger charge is -2.43. The Hall–Kier alpha value is -1.08. The fourth-order valence-electron chi connectivity index (χ4n) is 3.82. The lowest BCUT2D eigenvalue weighted by atomic mass is 9.76. The van der Waals surface area contributed by atoms with Crippen molar-refractivity contribution in [3.05, 3.63) is 0 Å². The second kappa shape index (κ2) is 7.08. The summed E-state index contributed by atoms with van der Waals surface area (Å²) < 4.78 is 0. The van der Waals surface area contributed by atoms with Crippen LogP contribution >= 0.6 is 0 Å². The number of hydrogen-bond donors (Lipinski definition) is 1. The zero-order chi connectivity index (χ0) is 14.5. The van der Waals surface area contributed by atoms with Gasteiger partial charge in [0.2, 0.25) is 5.91 Å². The molecule has 112 valence electrons. The summed E-state index contributed by atoms with van der Waals surface area (Å²) in [5, 5.41) is 12.4. The van der Waals surface area contributed by atoms with Crippen molar-refractivity contribution in [1.29, 1.82) is 5.26 Å². The van der Waals surface area contributed by atoms with Crippen molar-refractivity contribution in [1.82, 2.24) is 10.2 Å². The number of piperidine rings is 1. The molecule has 20 heavy (non-hydrogen) atoms. The van der Waals surface area contributed by atoms with Gasteiger partial charge in [0.05, 0.1) is 12.0 Å². The highest BCUT2D eigenvalue weighted by molar-refractivity contribution is 5.73. The van der Waals surface area contributed by atoms with Crippen LogP contribution in [-0.2, 0) is 4.79 Å². The quantitative estimate of drug-likeness (QED) is 0.861. The number of likely N-dealkylation sites (tertiary alicyclic amines) is 1. The zero-order valence-corrected chi connectivity index (χ0v) is 12.8. The molecule has 1 saturated carbocycles. The molecule has 0 aromatic heterocycles. The van der Waals surface area contributed by atoms with Crippen LogP contribution in [0.4, 0.5) is 0 Å². The molecule has 1 amide bonds. The van der Waals surface area contributed by atoms with Gasteiger partial charge in [-0.05, 0) is 38.0 Å². The largest absolute Gasteiger partial charge is 0.354 e. The van der Waals surface area contributed by atoms with Crippen LogP contribution in [0.3, 0.4) is 0 Å². The molecular formula is C16H27N3O. The Bertz CT molecular complexity index is 368. The Morgan fingerprint density at radius 1 is 1.30 bits per heavy atom. The van der Waals surface area contributed by atoms with E-state index in [1.54, 1.807) is 6.92 Å². The average molecular weight is 277 g/mol. The number of hydrogen-bond acceptors (Lipinski definition) is 3. The summed E-state index contributed by atoms with van der Waals surface area (Å²) in [7, 11) is 0. The van der Waals surface area contributed by atoms with Crippen LogP contribution in [0.2, 0.25) is 0 Å². The molecule has 3 unspecified atom stereocenters. The van der Waals surface area contributed by atoms with Crippen LogP contribution in [0.5, 0.6) is 0 Å². The second-order valence-electron chi connectivity index (χ2n) is 6.40. The highest BCUT2D eigenvalue weighted by Crippen LogP contribution is 2.34. The molecule has 2 fully saturated rings. The fourth-order valence-corrected chi connectivity index (χ4v) is 3.82. The van der Waals surface area contributed by atoms with Crippen LogP contribution in [0.25, 0.3) is 0 Å². The number of nitriles is 1. The van der Waals surface area contributed by atoms with Crippen LogP contribution in [0.1, 0.15) is 52.4 Å². The Morgan fingerprint density at radius 3 is 2.55 bits per heavy atom. The van der Waals surface area contributed by atoms with E-state index in [-0.39, 0.29) is 11.8 Å². The third-order valence-electron chi connectivity index (χ3n) is 5.07. The normalized spacial score (nSPS) is 32.5. The average Bonchev–Trinajstić information content (AvgIpc) is 2.46. The minimum absolute atomic E-state index is 0.0714. The lowest BCUT2D eigenvalue weighted by molar-refractivity contribution is -0.120. The number of carbonyl (C=O) groups excluding carboxylic acids is 1. The molecule has 1 N–H and O–H groups in total. The van der Waals surface area contributed by atoms with Gasteiger partial charge >= 0.3 is 0 Å². The highest BCUT2D eigenvalue weighted by atomic mass is 16.1. The molecule has 4 nitrogen and oxygen atoms in total. The molecule has 4 heteroatoms. The summed E-state index contributed by atoms with van der Waals surface area (Å²) in [5.74, 6) is 1.06. The molecule has 1 saturated heterocycles. The molecule has 0 aromatic rings. The maximum absolute atomic E-state index is 11.1. The summed E-state index contributed by atoms with van der Waals surface area (Å²) in [5.41, 5.74) is 0. The molecule has 2 aliphatic rings. The van der Waals surface area contributed by atoms with Crippen LogP contribution in [-0.4, -0.2) is 36.0 Å². The summed E-state index contributed by atoms with van der Waals surface area (Å²) in [6.07, 6.45) is 6.73. The van der Waals surface area contributed by atoms with Gasteiger partial charge in [-0.2, -0.15) is 5.26 Å². The zero-order valence-electron chi connectivity index (χ0n) is 12.8. The number of nitrogens with one attached hydrogen (secondary N) is 1. The summed E-state index contributed by atoms with van der Waals surface area (Å²) >= 11 is 0. The van der Waals surface area contributed by atoms with Gasteiger partial charge in [0, 0.05) is 32.1 Å². The van der Waals surface area contributed by atoms with Gasteiger partial charge in [-0.25, -0.2) is 0 Å². The Morgan fingerprint density at radius 2 is 2.00 bits per heavy atom. The lowest BCUT2D eigenvalue weighted by Crippen LogP contribution is -2.51. The molecule has 1 heterocycles. The van der Waals surface area contributed by atoms with E-state index in [0.29, 0.717) is 12.1 Å². The number of amides is 1. The maximum atomic E-state index is 11.1. The third-order valence-corrected chi connectivity index (χ3v) is 5.07. The summed E-state index contributed by atoms with van der Waals surface area (Å²) in [6.45, 7) is 5.89. The van der Waals surface area contributed by atoms with E-state index >= 15 is 0 Å². The van der Waals surface area contributed by atoms with Crippen molar-refractivity contribution in [2.45, 2.75) is 64.5 Å². The van der Waals surface area contributed by atoms with Crippen molar-refractivity contribution in [3.63, 3.8) is 0 Å². The first-order valence-corrected chi connectivity index (χ1v) is 8.04. The van der Waals surface area contributed by atoms with Crippen molar-refractivity contribution in [2.24, 2.45) is 11.8 Å². The standard InChI is InChI=1S/C16H27N3O/c1-3-13-4-5-14(11-17)16(10-13)19-8-6-15(7-9-19)18-12(2)20/h13-16H,3-10H2,1-2H3,(H,18,20). The molecule has 2 rings (SSSR count). The van der Waals surface area contributed by atoms with E-state index in [2.05, 4.69) is 23.2 Å². The predicted octanol–water partition coefficient (Wildman–Crippen LogP) is 2.31. The van der Waals surface area contributed by atoms with Gasteiger partial charge in [-0.15, -0.1) is 0 Å². The van der Waals surface area contributed by atoms with Gasteiger partial charge in [-0.1, -0.05) is 13.3 Å². The van der Waals surface area contributed by atoms with Crippen LogP contribution in [0.15, 0.2) is 0 Å². The van der Waals surface area contributed by atoms with Gasteiger partial charge in [0.1, 0.15) is 0 Å². The fraction of sp³-hybridized carbons (Fsp3) is 0.875. The SMILES string of the molecule is CCC1CCC(C#N)C(N2CCC(NC(C)=O)CC2)C1. The van der Waals surface area contributed by atoms with Crippen molar-refractivity contribution in [2.75, 3.05) is 13.1 Å². The highest BCUT2D eigenvalue weighted by Gasteiger charge is 2.35. The van der Waals surface area contributed by atoms with E-state index in [9.17, 15) is 10.1 Å². The molecule has 0 radical (unpaired) electrons. The van der Waals surface area contributed by atoms with Crippen LogP contribution in [0, 0.1) is 23.2 Å². The number of rotatable bonds is 3. The number of nitrogens with zero attached hydrogens (tertiary/aromatic N) is 2. The summed E-state index contributed by atoms with van der Waals surface area (Å²) in [4.78, 5) is 13.6. The number of carbonyl (C=O) groups is 1. The van der Waals surface area contributed by atoms with E-state index < -0.39 is 0 Å². The van der Waals surface area contributed by atoms with Crippen molar-refractivity contribution in [3.8, 4) is 6.07 Å². The minimum atomic E-state index is 0.0714. The van der Waals surface area contributed by atoms with E-state index in [1.807, 2.05) is 0 Å². The van der Waals surface area contributed by atoms with Gasteiger partial charge in [0.25, 0.3) is 0 Å². The molecule has 0 aromatic carbocycles. The van der Waals surface area contributed by atoms with E-state index in [0.717, 1.165) is 38.3 Å². The second-order valence-corrected chi connectivity index (χ2v) is 6.40. The van der Waals surface area contributed by atoms with E-state index in [4.69, 9.17) is 0 Å². The molecule has 0 spiro atoms. The van der Waals surface area contributed by atoms with Crippen molar-refractivity contribution < 1.29 is 4.79 Å². The molecule has 1 aliphatic heterocycles. The van der Waals surface area contributed by atoms with Crippen molar-refractivity contribution >= 4 is 5.91 Å². The first-order chi connectivity index (χ1) is 9.63. The van der Waals surface area contributed by atoms with Gasteiger partial charge in [-0.3, -0.25) is 9.69 Å². The maximum Gasteiger partial charge on any atom is 0.217 e. The molecular weight excluding hydrogens is 250 g/mol. The monoisotopic (exact) mass is 277 g/mol. The molecule has 0 bridgehead atoms. The topological polar surface area (TPSA) is 56.1 Å². The van der Waals surface area contributed by atoms with Crippen LogP contribution < -0.4 is 5.32 Å². The first kappa shape index (κ1) is 15.3. The Balaban J connectivity index is 1.90. The van der Waals surface area contributed by atoms with Gasteiger partial charge < -0.3 is 5.32 Å². The predicted molar refractivity (Wildman–Crippen MR) is 78.9 cm³/mol. The Kier molecular flexibility index (Phi) is 5.42. The third kappa shape index (κ3) is 3.73. The molecule has 1 aliphatic carbocycles. The van der Waals surface area contributed by atoms with Gasteiger partial charge in [0.15, 0.2) is 0 Å². The first-order valence-electron chi connectivity index (χ1n) is 8.04. The smallest absolute Gasteiger partial charge is 0.217 e. The van der Waals surface area contributed by atoms with E-state index in [1.165, 1.54) is 19.3 Å². The Labute approximate surface area is 122 Å². The summed E-state index contributed by atoms with van der Waals surface area (Å²) in [6, 6.07) is 3.30.